The number of ether oxygens (including phenoxy) is 1. The second kappa shape index (κ2) is 9.53. The molecule has 0 amide bonds. The second-order valence-electron chi connectivity index (χ2n) is 8.01. The number of hydrogen-bond acceptors (Lipinski definition) is 8. The van der Waals surface area contributed by atoms with Crippen molar-refractivity contribution in [2.45, 2.75) is 0 Å². The lowest BCUT2D eigenvalue weighted by Crippen LogP contribution is -2.36. The molecule has 1 aliphatic heterocycles. The number of fused-ring (bicyclic) bond motifs is 1. The third kappa shape index (κ3) is 4.29. The quantitative estimate of drug-likeness (QED) is 0.319. The van der Waals surface area contributed by atoms with Gasteiger partial charge in [-0.05, 0) is 5.56 Å². The highest BCUT2D eigenvalue weighted by molar-refractivity contribution is 7.17. The van der Waals surface area contributed by atoms with Gasteiger partial charge in [-0.25, -0.2) is 9.97 Å². The van der Waals surface area contributed by atoms with Gasteiger partial charge < -0.3 is 9.64 Å². The molecule has 0 N–H and O–H groups in total. The van der Waals surface area contributed by atoms with E-state index >= 15 is 0 Å². The Balaban J connectivity index is 1.41. The van der Waals surface area contributed by atoms with Crippen LogP contribution in [0.25, 0.3) is 32.6 Å². The first-order chi connectivity index (χ1) is 17.3. The molecule has 1 aliphatic rings. The van der Waals surface area contributed by atoms with E-state index in [1.54, 1.807) is 17.6 Å². The lowest BCUT2D eigenvalue weighted by atomic mass is 10.1. The average Bonchev–Trinajstić information content (AvgIpc) is 3.55. The first-order valence-corrected chi connectivity index (χ1v) is 12.9. The Morgan fingerprint density at radius 2 is 1.69 bits per heavy atom. The largest absolute Gasteiger partial charge is 0.378 e. The van der Waals surface area contributed by atoms with E-state index in [1.165, 1.54) is 22.3 Å². The molecule has 1 saturated heterocycles. The highest BCUT2D eigenvalue weighted by Crippen LogP contribution is 2.33. The Bertz CT molecular complexity index is 1550. The van der Waals surface area contributed by atoms with Crippen LogP contribution in [0, 0.1) is 0 Å². The predicted octanol–water partition coefficient (Wildman–Crippen LogP) is 4.97. The lowest BCUT2D eigenvalue weighted by Gasteiger charge is -2.26. The number of morpholine rings is 1. The van der Waals surface area contributed by atoms with Crippen LogP contribution in [-0.2, 0) is 4.74 Å². The van der Waals surface area contributed by atoms with Gasteiger partial charge in [-0.15, -0.1) is 11.3 Å². The third-order valence-electron chi connectivity index (χ3n) is 5.83. The van der Waals surface area contributed by atoms with Crippen molar-refractivity contribution in [2.75, 3.05) is 31.2 Å². The van der Waals surface area contributed by atoms with Crippen molar-refractivity contribution in [3.63, 3.8) is 0 Å². The van der Waals surface area contributed by atoms with Crippen LogP contribution in [0.2, 0.25) is 0 Å². The van der Waals surface area contributed by atoms with Crippen LogP contribution in [0.3, 0.4) is 0 Å². The summed E-state index contributed by atoms with van der Waals surface area (Å²) in [6.07, 6.45) is 3.20. The molecule has 0 saturated carbocycles. The summed E-state index contributed by atoms with van der Waals surface area (Å²) >= 11 is 3.03. The van der Waals surface area contributed by atoms with Gasteiger partial charge in [0.25, 0.3) is 5.56 Å². The summed E-state index contributed by atoms with van der Waals surface area (Å²) < 4.78 is 6.81. The Hall–Kier alpha value is -3.66. The van der Waals surface area contributed by atoms with Gasteiger partial charge in [-0.2, -0.15) is 9.78 Å². The second-order valence-corrected chi connectivity index (χ2v) is 9.88. The first kappa shape index (κ1) is 21.8. The van der Waals surface area contributed by atoms with E-state index in [9.17, 15) is 4.79 Å². The number of hydrogen-bond donors (Lipinski definition) is 0. The van der Waals surface area contributed by atoms with Crippen LogP contribution in [0.15, 0.2) is 82.3 Å². The maximum absolute atomic E-state index is 13.4. The van der Waals surface area contributed by atoms with Crippen molar-refractivity contribution in [1.29, 1.82) is 0 Å². The minimum atomic E-state index is -0.189. The molecule has 35 heavy (non-hydrogen) atoms. The van der Waals surface area contributed by atoms with Crippen LogP contribution in [0.5, 0.6) is 0 Å². The van der Waals surface area contributed by atoms with E-state index in [0.29, 0.717) is 23.4 Å². The van der Waals surface area contributed by atoms with Gasteiger partial charge in [0.1, 0.15) is 11.2 Å². The van der Waals surface area contributed by atoms with E-state index in [-0.39, 0.29) is 5.56 Å². The summed E-state index contributed by atoms with van der Waals surface area (Å²) in [6, 6.07) is 19.9. The summed E-state index contributed by atoms with van der Waals surface area (Å²) in [6.45, 7) is 2.99. The van der Waals surface area contributed by atoms with E-state index in [4.69, 9.17) is 9.72 Å². The van der Waals surface area contributed by atoms with Crippen LogP contribution >= 0.6 is 22.7 Å². The fourth-order valence-electron chi connectivity index (χ4n) is 4.05. The Kier molecular flexibility index (Phi) is 5.95. The monoisotopic (exact) mass is 499 g/mol. The number of thiazole rings is 1. The molecule has 4 heterocycles. The maximum atomic E-state index is 13.4. The van der Waals surface area contributed by atoms with Crippen molar-refractivity contribution in [3.8, 4) is 22.4 Å². The van der Waals surface area contributed by atoms with Crippen LogP contribution < -0.4 is 10.5 Å². The van der Waals surface area contributed by atoms with E-state index in [0.717, 1.165) is 45.5 Å². The lowest BCUT2D eigenvalue weighted by molar-refractivity contribution is 0.122. The summed E-state index contributed by atoms with van der Waals surface area (Å²) in [5.74, 6) is 0. The van der Waals surface area contributed by atoms with Gasteiger partial charge in [0.15, 0.2) is 5.13 Å². The number of benzene rings is 2. The summed E-state index contributed by atoms with van der Waals surface area (Å²) in [5.41, 5.74) is 3.54. The molecule has 0 aliphatic carbocycles. The van der Waals surface area contributed by atoms with E-state index in [1.807, 2.05) is 66.0 Å². The molecular formula is C26H21N5O2S2. The molecular weight excluding hydrogens is 478 g/mol. The molecule has 7 nitrogen and oxygen atoms in total. The first-order valence-electron chi connectivity index (χ1n) is 11.3. The van der Waals surface area contributed by atoms with Crippen molar-refractivity contribution in [1.82, 2.24) is 14.6 Å². The van der Waals surface area contributed by atoms with E-state index < -0.39 is 0 Å². The smallest absolute Gasteiger partial charge is 0.283 e. The molecule has 5 aromatic rings. The summed E-state index contributed by atoms with van der Waals surface area (Å²) in [5, 5.41) is 8.03. The zero-order chi connectivity index (χ0) is 23.6. The number of rotatable bonds is 5. The van der Waals surface area contributed by atoms with Crippen molar-refractivity contribution < 1.29 is 4.74 Å². The van der Waals surface area contributed by atoms with Gasteiger partial charge in [0, 0.05) is 29.6 Å². The Morgan fingerprint density at radius 3 is 2.43 bits per heavy atom. The molecule has 174 valence electrons. The minimum Gasteiger partial charge on any atom is -0.378 e. The fraction of sp³-hybridized carbons (Fsp3) is 0.154. The molecule has 9 heteroatoms. The number of nitrogens with zero attached hydrogens (tertiary/aromatic N) is 5. The zero-order valence-electron chi connectivity index (χ0n) is 18.7. The van der Waals surface area contributed by atoms with E-state index in [2.05, 4.69) is 15.0 Å². The molecule has 0 spiro atoms. The Labute approximate surface area is 209 Å². The van der Waals surface area contributed by atoms with Crippen LogP contribution in [-0.4, -0.2) is 47.2 Å². The van der Waals surface area contributed by atoms with Gasteiger partial charge in [-0.3, -0.25) is 4.79 Å². The van der Waals surface area contributed by atoms with Crippen molar-refractivity contribution in [2.24, 2.45) is 5.10 Å². The predicted molar refractivity (Wildman–Crippen MR) is 143 cm³/mol. The highest BCUT2D eigenvalue weighted by atomic mass is 32.1. The molecule has 6 rings (SSSR count). The van der Waals surface area contributed by atoms with Crippen LogP contribution in [0.4, 0.5) is 5.13 Å². The molecule has 2 aromatic carbocycles. The average molecular weight is 500 g/mol. The van der Waals surface area contributed by atoms with Gasteiger partial charge in [0.05, 0.1) is 35.4 Å². The molecule has 0 bridgehead atoms. The fourth-order valence-corrected chi connectivity index (χ4v) is 5.96. The summed E-state index contributed by atoms with van der Waals surface area (Å²) in [4.78, 5) is 26.6. The summed E-state index contributed by atoms with van der Waals surface area (Å²) in [7, 11) is 0. The normalized spacial score (nSPS) is 14.2. The van der Waals surface area contributed by atoms with Gasteiger partial charge in [0.2, 0.25) is 0 Å². The maximum Gasteiger partial charge on any atom is 0.283 e. The number of aromatic nitrogens is 3. The van der Waals surface area contributed by atoms with Crippen molar-refractivity contribution in [3.05, 3.63) is 87.6 Å². The standard InChI is InChI=1S/C26H21N5O2S2/c32-25-22-20(18-7-3-1-4-8-18)16-34-24(22)27-17-31(25)28-15-21-23(19-9-5-2-6-10-19)29-26(35-21)30-11-13-33-14-12-30/h1-10,15-17H,11-14H2/b28-15+. The third-order valence-corrected chi connectivity index (χ3v) is 7.77. The zero-order valence-corrected chi connectivity index (χ0v) is 20.3. The topological polar surface area (TPSA) is 72.6 Å². The molecule has 3 aromatic heterocycles. The molecule has 0 radical (unpaired) electrons. The van der Waals surface area contributed by atoms with Crippen LogP contribution in [0.1, 0.15) is 4.88 Å². The van der Waals surface area contributed by atoms with Gasteiger partial charge in [-0.1, -0.05) is 72.0 Å². The molecule has 1 fully saturated rings. The molecule has 0 unspecified atom stereocenters. The number of thiophene rings is 1. The molecule has 0 atom stereocenters. The number of anilines is 1. The van der Waals surface area contributed by atoms with Gasteiger partial charge >= 0.3 is 0 Å². The highest BCUT2D eigenvalue weighted by Gasteiger charge is 2.19. The minimum absolute atomic E-state index is 0.189. The van der Waals surface area contributed by atoms with Crippen molar-refractivity contribution >= 4 is 44.2 Å². The SMILES string of the molecule is O=c1c2c(-c3ccccc3)csc2ncn1/N=C/c1sc(N2CCOCC2)nc1-c1ccccc1. The Morgan fingerprint density at radius 1 is 0.971 bits per heavy atom.